The molecule has 2 rings (SSSR count). The van der Waals surface area contributed by atoms with Gasteiger partial charge >= 0.3 is 0 Å². The van der Waals surface area contributed by atoms with Crippen LogP contribution in [0.15, 0.2) is 42.5 Å². The minimum atomic E-state index is -0.569. The van der Waals surface area contributed by atoms with E-state index in [2.05, 4.69) is 5.32 Å². The molecule has 1 amide bonds. The number of halogens is 1. The lowest BCUT2D eigenvalue weighted by Crippen LogP contribution is -2.37. The van der Waals surface area contributed by atoms with Crippen LogP contribution in [-0.4, -0.2) is 25.2 Å². The highest BCUT2D eigenvalue weighted by Gasteiger charge is 2.18. The molecule has 0 bridgehead atoms. The Labute approximate surface area is 165 Å². The third kappa shape index (κ3) is 6.36. The lowest BCUT2D eigenvalue weighted by atomic mass is 10.2. The molecular formula is C21H26ClNO4. The summed E-state index contributed by atoms with van der Waals surface area (Å²) in [4.78, 5) is 12.5. The van der Waals surface area contributed by atoms with E-state index in [0.29, 0.717) is 48.5 Å². The number of rotatable bonds is 10. The quantitative estimate of drug-likeness (QED) is 0.642. The smallest absolute Gasteiger partial charge is 0.261 e. The lowest BCUT2D eigenvalue weighted by Gasteiger charge is -2.18. The molecule has 146 valence electrons. The van der Waals surface area contributed by atoms with Crippen molar-refractivity contribution in [2.24, 2.45) is 0 Å². The highest BCUT2D eigenvalue weighted by atomic mass is 35.5. The molecule has 1 atom stereocenters. The number of carbonyl (C=O) groups excluding carboxylic acids is 1. The Kier molecular flexibility index (Phi) is 8.27. The van der Waals surface area contributed by atoms with Gasteiger partial charge in [-0.2, -0.15) is 0 Å². The topological polar surface area (TPSA) is 56.8 Å². The third-order valence-electron chi connectivity index (χ3n) is 3.83. The molecule has 27 heavy (non-hydrogen) atoms. The van der Waals surface area contributed by atoms with E-state index in [0.717, 1.165) is 5.56 Å². The molecule has 5 nitrogen and oxygen atoms in total. The maximum atomic E-state index is 12.5. The van der Waals surface area contributed by atoms with Gasteiger partial charge in [0.1, 0.15) is 5.75 Å². The minimum absolute atomic E-state index is 0.167. The summed E-state index contributed by atoms with van der Waals surface area (Å²) < 4.78 is 16.9. The first-order chi connectivity index (χ1) is 13.1. The summed E-state index contributed by atoms with van der Waals surface area (Å²) in [5, 5.41) is 3.54. The van der Waals surface area contributed by atoms with Crippen molar-refractivity contribution >= 4 is 17.5 Å². The summed E-state index contributed by atoms with van der Waals surface area (Å²) in [7, 11) is 0. The predicted octanol–water partition coefficient (Wildman–Crippen LogP) is 4.61. The molecule has 2 aromatic carbocycles. The number of amides is 1. The average Bonchev–Trinajstić information content (AvgIpc) is 2.67. The molecule has 0 spiro atoms. The molecule has 0 aromatic heterocycles. The first-order valence-electron chi connectivity index (χ1n) is 9.15. The van der Waals surface area contributed by atoms with Crippen LogP contribution in [0, 0.1) is 0 Å². The average molecular weight is 392 g/mol. The van der Waals surface area contributed by atoms with Gasteiger partial charge in [0.15, 0.2) is 17.6 Å². The number of hydrogen-bond donors (Lipinski definition) is 1. The van der Waals surface area contributed by atoms with Gasteiger partial charge in [0, 0.05) is 11.6 Å². The van der Waals surface area contributed by atoms with Crippen molar-refractivity contribution in [1.82, 2.24) is 5.32 Å². The number of carbonyl (C=O) groups is 1. The van der Waals surface area contributed by atoms with E-state index in [-0.39, 0.29) is 5.91 Å². The summed E-state index contributed by atoms with van der Waals surface area (Å²) >= 11 is 5.87. The largest absolute Gasteiger partial charge is 0.490 e. The molecule has 0 fully saturated rings. The summed E-state index contributed by atoms with van der Waals surface area (Å²) in [6.07, 6.45) is -0.0118. The van der Waals surface area contributed by atoms with Crippen molar-refractivity contribution in [3.05, 3.63) is 53.1 Å². The zero-order valence-electron chi connectivity index (χ0n) is 16.0. The molecule has 2 aromatic rings. The van der Waals surface area contributed by atoms with Crippen LogP contribution >= 0.6 is 11.6 Å². The number of benzene rings is 2. The standard InChI is InChI=1S/C21H26ClNO4/c1-4-18(27-17-10-8-16(22)9-11-17)21(24)23-14-15-7-12-19(25-5-2)20(13-15)26-6-3/h7-13,18H,4-6,14H2,1-3H3,(H,23,24)/t18-/m1/s1. The second-order valence-corrected chi connectivity index (χ2v) is 6.27. The summed E-state index contributed by atoms with van der Waals surface area (Å²) in [6, 6.07) is 12.6. The van der Waals surface area contributed by atoms with E-state index in [1.807, 2.05) is 39.0 Å². The summed E-state index contributed by atoms with van der Waals surface area (Å²) in [6.45, 7) is 7.24. The van der Waals surface area contributed by atoms with Crippen molar-refractivity contribution < 1.29 is 19.0 Å². The Morgan fingerprint density at radius 1 is 1.00 bits per heavy atom. The fourth-order valence-corrected chi connectivity index (χ4v) is 2.63. The van der Waals surface area contributed by atoms with Crippen LogP contribution in [0.25, 0.3) is 0 Å². The number of hydrogen-bond acceptors (Lipinski definition) is 4. The van der Waals surface area contributed by atoms with Gasteiger partial charge in [-0.15, -0.1) is 0 Å². The van der Waals surface area contributed by atoms with Crippen molar-refractivity contribution in [2.75, 3.05) is 13.2 Å². The normalized spacial score (nSPS) is 11.6. The van der Waals surface area contributed by atoms with Crippen LogP contribution in [0.3, 0.4) is 0 Å². The Balaban J connectivity index is 1.98. The van der Waals surface area contributed by atoms with Crippen LogP contribution in [0.1, 0.15) is 32.8 Å². The Morgan fingerprint density at radius 3 is 2.30 bits per heavy atom. The Hall–Kier alpha value is -2.40. The molecule has 0 aliphatic heterocycles. The van der Waals surface area contributed by atoms with E-state index >= 15 is 0 Å². The van der Waals surface area contributed by atoms with Crippen LogP contribution in [-0.2, 0) is 11.3 Å². The molecule has 1 N–H and O–H groups in total. The van der Waals surface area contributed by atoms with Crippen molar-refractivity contribution in [2.45, 2.75) is 39.8 Å². The van der Waals surface area contributed by atoms with Crippen molar-refractivity contribution in [1.29, 1.82) is 0 Å². The third-order valence-corrected chi connectivity index (χ3v) is 4.08. The zero-order valence-corrected chi connectivity index (χ0v) is 16.7. The van der Waals surface area contributed by atoms with E-state index in [4.69, 9.17) is 25.8 Å². The maximum Gasteiger partial charge on any atom is 0.261 e. The van der Waals surface area contributed by atoms with Gasteiger partial charge in [-0.25, -0.2) is 0 Å². The molecular weight excluding hydrogens is 366 g/mol. The fourth-order valence-electron chi connectivity index (χ4n) is 2.51. The van der Waals surface area contributed by atoms with E-state index in [1.165, 1.54) is 0 Å². The SMILES string of the molecule is CCOc1ccc(CNC(=O)[C@@H](CC)Oc2ccc(Cl)cc2)cc1OCC. The molecule has 0 heterocycles. The van der Waals surface area contributed by atoms with Crippen LogP contribution < -0.4 is 19.5 Å². The van der Waals surface area contributed by atoms with Crippen molar-refractivity contribution in [3.8, 4) is 17.2 Å². The molecule has 0 saturated heterocycles. The number of nitrogens with one attached hydrogen (secondary N) is 1. The second kappa shape index (κ2) is 10.7. The first-order valence-corrected chi connectivity index (χ1v) is 9.53. The summed E-state index contributed by atoms with van der Waals surface area (Å²) in [5.74, 6) is 1.82. The van der Waals surface area contributed by atoms with Gasteiger partial charge in [-0.3, -0.25) is 4.79 Å². The molecule has 0 aliphatic carbocycles. The minimum Gasteiger partial charge on any atom is -0.490 e. The predicted molar refractivity (Wildman–Crippen MR) is 107 cm³/mol. The fraction of sp³-hybridized carbons (Fsp3) is 0.381. The van der Waals surface area contributed by atoms with E-state index in [9.17, 15) is 4.79 Å². The highest BCUT2D eigenvalue weighted by molar-refractivity contribution is 6.30. The van der Waals surface area contributed by atoms with Gasteiger partial charge < -0.3 is 19.5 Å². The number of ether oxygens (including phenoxy) is 3. The molecule has 0 radical (unpaired) electrons. The first kappa shape index (κ1) is 20.9. The van der Waals surface area contributed by atoms with Gasteiger partial charge in [0.2, 0.25) is 0 Å². The van der Waals surface area contributed by atoms with E-state index < -0.39 is 6.10 Å². The molecule has 0 saturated carbocycles. The molecule has 0 aliphatic rings. The zero-order chi connectivity index (χ0) is 19.6. The molecule has 0 unspecified atom stereocenters. The van der Waals surface area contributed by atoms with Gasteiger partial charge in [0.05, 0.1) is 13.2 Å². The van der Waals surface area contributed by atoms with Crippen LogP contribution in [0.5, 0.6) is 17.2 Å². The van der Waals surface area contributed by atoms with Gasteiger partial charge in [-0.05, 0) is 62.2 Å². The van der Waals surface area contributed by atoms with Crippen molar-refractivity contribution in [3.63, 3.8) is 0 Å². The second-order valence-electron chi connectivity index (χ2n) is 5.83. The monoisotopic (exact) mass is 391 g/mol. The Morgan fingerprint density at radius 2 is 1.67 bits per heavy atom. The lowest BCUT2D eigenvalue weighted by molar-refractivity contribution is -0.128. The highest BCUT2D eigenvalue weighted by Crippen LogP contribution is 2.28. The summed E-state index contributed by atoms with van der Waals surface area (Å²) in [5.41, 5.74) is 0.927. The van der Waals surface area contributed by atoms with E-state index in [1.54, 1.807) is 24.3 Å². The molecule has 6 heteroatoms. The van der Waals surface area contributed by atoms with Gasteiger partial charge in [0.25, 0.3) is 5.91 Å². The van der Waals surface area contributed by atoms with Crippen LogP contribution in [0.2, 0.25) is 5.02 Å². The van der Waals surface area contributed by atoms with Crippen LogP contribution in [0.4, 0.5) is 0 Å². The Bertz CT molecular complexity index is 733. The van der Waals surface area contributed by atoms with Gasteiger partial charge in [-0.1, -0.05) is 24.6 Å². The maximum absolute atomic E-state index is 12.5.